The van der Waals surface area contributed by atoms with Gasteiger partial charge < -0.3 is 9.80 Å². The summed E-state index contributed by atoms with van der Waals surface area (Å²) in [6, 6.07) is 19.3. The minimum absolute atomic E-state index is 0.105. The SMILES string of the molecule is CN(C)S(=O)(=O)NC(=O)[C@@H]1C[C@H](N2CCCCc3cc(F)c(F)cc32)CN1C(=O)C(c1ccccc1)c1ccccc1. The van der Waals surface area contributed by atoms with Crippen LogP contribution in [0.15, 0.2) is 72.8 Å². The van der Waals surface area contributed by atoms with Gasteiger partial charge in [0.15, 0.2) is 11.6 Å². The van der Waals surface area contributed by atoms with E-state index in [0.717, 1.165) is 28.3 Å². The van der Waals surface area contributed by atoms with Crippen molar-refractivity contribution >= 4 is 27.7 Å². The number of rotatable bonds is 7. The van der Waals surface area contributed by atoms with Crippen LogP contribution in [0.25, 0.3) is 0 Å². The van der Waals surface area contributed by atoms with E-state index >= 15 is 0 Å². The second-order valence-electron chi connectivity index (χ2n) is 10.9. The summed E-state index contributed by atoms with van der Waals surface area (Å²) in [4.78, 5) is 31.4. The Morgan fingerprint density at radius 3 is 2.12 bits per heavy atom. The number of carbonyl (C=O) groups excluding carboxylic acids is 2. The Morgan fingerprint density at radius 2 is 1.52 bits per heavy atom. The molecule has 1 saturated heterocycles. The molecule has 3 aromatic rings. The number of nitrogens with zero attached hydrogens (tertiary/aromatic N) is 3. The fraction of sp³-hybridized carbons (Fsp3) is 0.355. The first-order chi connectivity index (χ1) is 20.1. The first kappa shape index (κ1) is 29.7. The maximum Gasteiger partial charge on any atom is 0.303 e. The number of carbonyl (C=O) groups is 2. The van der Waals surface area contributed by atoms with Gasteiger partial charge in [-0.25, -0.2) is 13.5 Å². The van der Waals surface area contributed by atoms with Gasteiger partial charge in [-0.3, -0.25) is 9.59 Å². The summed E-state index contributed by atoms with van der Waals surface area (Å²) in [6.07, 6.45) is 2.23. The number of likely N-dealkylation sites (tertiary alicyclic amines) is 1. The molecule has 0 radical (unpaired) electrons. The van der Waals surface area contributed by atoms with Crippen LogP contribution in [0.2, 0.25) is 0 Å². The van der Waals surface area contributed by atoms with E-state index in [0.29, 0.717) is 24.2 Å². The Morgan fingerprint density at radius 1 is 0.929 bits per heavy atom. The number of aryl methyl sites for hydroxylation is 1. The summed E-state index contributed by atoms with van der Waals surface area (Å²) >= 11 is 0. The summed E-state index contributed by atoms with van der Waals surface area (Å²) in [5, 5.41) is 0. The lowest BCUT2D eigenvalue weighted by Crippen LogP contribution is -2.51. The molecule has 2 aliphatic rings. The predicted octanol–water partition coefficient (Wildman–Crippen LogP) is 3.83. The van der Waals surface area contributed by atoms with Gasteiger partial charge >= 0.3 is 10.2 Å². The van der Waals surface area contributed by atoms with E-state index in [1.807, 2.05) is 65.6 Å². The highest BCUT2D eigenvalue weighted by molar-refractivity contribution is 7.87. The van der Waals surface area contributed by atoms with Gasteiger partial charge in [0.1, 0.15) is 6.04 Å². The van der Waals surface area contributed by atoms with Crippen LogP contribution in [0.1, 0.15) is 41.9 Å². The Bertz CT molecular complexity index is 1510. The Labute approximate surface area is 245 Å². The molecule has 1 N–H and O–H groups in total. The van der Waals surface area contributed by atoms with Crippen molar-refractivity contribution in [1.82, 2.24) is 13.9 Å². The van der Waals surface area contributed by atoms with E-state index in [4.69, 9.17) is 0 Å². The average Bonchev–Trinajstić information content (AvgIpc) is 3.32. The highest BCUT2D eigenvalue weighted by Gasteiger charge is 2.45. The van der Waals surface area contributed by atoms with E-state index in [2.05, 4.69) is 4.72 Å². The molecule has 2 atom stereocenters. The third-order valence-corrected chi connectivity index (χ3v) is 9.48. The first-order valence-electron chi connectivity index (χ1n) is 14.0. The molecule has 42 heavy (non-hydrogen) atoms. The highest BCUT2D eigenvalue weighted by atomic mass is 32.2. The van der Waals surface area contributed by atoms with Crippen LogP contribution >= 0.6 is 0 Å². The summed E-state index contributed by atoms with van der Waals surface area (Å²) in [6.45, 7) is 0.628. The van der Waals surface area contributed by atoms with Gasteiger partial charge in [0.05, 0.1) is 5.92 Å². The minimum Gasteiger partial charge on any atom is -0.366 e. The van der Waals surface area contributed by atoms with E-state index in [9.17, 15) is 26.8 Å². The molecular formula is C31H34F2N4O4S. The predicted molar refractivity (Wildman–Crippen MR) is 156 cm³/mol. The largest absolute Gasteiger partial charge is 0.366 e. The number of fused-ring (bicyclic) bond motifs is 1. The van der Waals surface area contributed by atoms with Crippen LogP contribution in [0.5, 0.6) is 0 Å². The van der Waals surface area contributed by atoms with E-state index in [-0.39, 0.29) is 18.9 Å². The van der Waals surface area contributed by atoms with Gasteiger partial charge in [-0.1, -0.05) is 60.7 Å². The van der Waals surface area contributed by atoms with Crippen molar-refractivity contribution in [2.24, 2.45) is 0 Å². The molecule has 0 aliphatic carbocycles. The molecule has 3 aromatic carbocycles. The van der Waals surface area contributed by atoms with Crippen LogP contribution in [0.3, 0.4) is 0 Å². The first-order valence-corrected chi connectivity index (χ1v) is 15.4. The van der Waals surface area contributed by atoms with Crippen molar-refractivity contribution in [2.45, 2.75) is 43.7 Å². The quantitative estimate of drug-likeness (QED) is 0.448. The zero-order chi connectivity index (χ0) is 30.0. The molecule has 0 spiro atoms. The molecule has 222 valence electrons. The highest BCUT2D eigenvalue weighted by Crippen LogP contribution is 2.36. The van der Waals surface area contributed by atoms with E-state index in [1.165, 1.54) is 31.1 Å². The lowest BCUT2D eigenvalue weighted by molar-refractivity contribution is -0.138. The molecule has 0 saturated carbocycles. The van der Waals surface area contributed by atoms with Gasteiger partial charge in [0.25, 0.3) is 5.91 Å². The van der Waals surface area contributed by atoms with Crippen LogP contribution in [0, 0.1) is 11.6 Å². The lowest BCUT2D eigenvalue weighted by Gasteiger charge is -2.32. The van der Waals surface area contributed by atoms with Gasteiger partial charge in [0, 0.05) is 45.0 Å². The Balaban J connectivity index is 1.55. The topological polar surface area (TPSA) is 90.0 Å². The van der Waals surface area contributed by atoms with Crippen LogP contribution in [-0.4, -0.2) is 68.7 Å². The number of hydrogen-bond acceptors (Lipinski definition) is 5. The number of amides is 2. The van der Waals surface area contributed by atoms with Gasteiger partial charge in [-0.15, -0.1) is 0 Å². The normalized spacial score (nSPS) is 19.1. The molecule has 0 aromatic heterocycles. The molecule has 5 rings (SSSR count). The monoisotopic (exact) mass is 596 g/mol. The molecule has 1 fully saturated rings. The van der Waals surface area contributed by atoms with Crippen molar-refractivity contribution in [3.05, 3.63) is 101 Å². The minimum atomic E-state index is -4.12. The van der Waals surface area contributed by atoms with Crippen molar-refractivity contribution in [1.29, 1.82) is 0 Å². The zero-order valence-electron chi connectivity index (χ0n) is 23.5. The summed E-state index contributed by atoms with van der Waals surface area (Å²) in [5.41, 5.74) is 2.66. The molecule has 2 heterocycles. The lowest BCUT2D eigenvalue weighted by atomic mass is 9.90. The zero-order valence-corrected chi connectivity index (χ0v) is 24.4. The number of halogens is 2. The summed E-state index contributed by atoms with van der Waals surface area (Å²) in [5.74, 6) is -3.79. The second-order valence-corrected chi connectivity index (χ2v) is 12.8. The molecule has 0 unspecified atom stereocenters. The van der Waals surface area contributed by atoms with Crippen LogP contribution in [0.4, 0.5) is 14.5 Å². The van der Waals surface area contributed by atoms with E-state index in [1.54, 1.807) is 0 Å². The van der Waals surface area contributed by atoms with E-state index < -0.39 is 45.8 Å². The number of benzene rings is 3. The van der Waals surface area contributed by atoms with Crippen LogP contribution in [-0.2, 0) is 26.2 Å². The van der Waals surface area contributed by atoms with Crippen molar-refractivity contribution in [3.63, 3.8) is 0 Å². The molecular weight excluding hydrogens is 562 g/mol. The third kappa shape index (κ3) is 6.03. The second kappa shape index (κ2) is 12.2. The summed E-state index contributed by atoms with van der Waals surface area (Å²) in [7, 11) is -1.52. The number of nitrogens with one attached hydrogen (secondary N) is 1. The van der Waals surface area contributed by atoms with Crippen molar-refractivity contribution in [2.75, 3.05) is 32.1 Å². The Kier molecular flexibility index (Phi) is 8.60. The molecule has 2 aliphatic heterocycles. The summed E-state index contributed by atoms with van der Waals surface area (Å²) < 4.78 is 56.8. The van der Waals surface area contributed by atoms with Gasteiger partial charge in [0.2, 0.25) is 5.91 Å². The maximum atomic E-state index is 14.5. The fourth-order valence-electron chi connectivity index (χ4n) is 5.90. The van der Waals surface area contributed by atoms with Crippen molar-refractivity contribution in [3.8, 4) is 0 Å². The van der Waals surface area contributed by atoms with Crippen LogP contribution < -0.4 is 9.62 Å². The van der Waals surface area contributed by atoms with Crippen molar-refractivity contribution < 1.29 is 26.8 Å². The molecule has 2 amide bonds. The van der Waals surface area contributed by atoms with Gasteiger partial charge in [-0.05, 0) is 48.4 Å². The Hall–Kier alpha value is -3.83. The fourth-order valence-corrected chi connectivity index (χ4v) is 6.47. The molecule has 0 bridgehead atoms. The number of hydrogen-bond donors (Lipinski definition) is 1. The molecule has 8 nitrogen and oxygen atoms in total. The third-order valence-electron chi connectivity index (χ3n) is 8.05. The van der Waals surface area contributed by atoms with Gasteiger partial charge in [-0.2, -0.15) is 12.7 Å². The molecule has 11 heteroatoms. The number of anilines is 1. The maximum absolute atomic E-state index is 14.5. The standard InChI is InChI=1S/C31H34F2N4O4S/c1-35(2)42(40,41)34-30(38)28-18-24(36-16-10-9-15-23-17-25(32)26(33)19-27(23)36)20-37(28)31(39)29(21-11-5-3-6-12-21)22-13-7-4-8-14-22/h3-8,11-14,17,19,24,28-29H,9-10,15-16,18,20H2,1-2H3,(H,34,38)/t24-,28-/m0/s1. The smallest absolute Gasteiger partial charge is 0.303 e. The average molecular weight is 597 g/mol.